The van der Waals surface area contributed by atoms with Crippen LogP contribution >= 0.6 is 0 Å². The number of rotatable bonds is 3. The third kappa shape index (κ3) is 4.38. The molecule has 1 heterocycles. The molecule has 7 heteroatoms. The third-order valence-electron chi connectivity index (χ3n) is 3.81. The number of aliphatic imine (C=N–C) groups is 1. The maximum absolute atomic E-state index is 13.3. The van der Waals surface area contributed by atoms with Crippen LogP contribution in [-0.4, -0.2) is 16.7 Å². The molecule has 3 aromatic rings. The molecule has 0 aliphatic heterocycles. The van der Waals surface area contributed by atoms with E-state index in [0.717, 1.165) is 12.1 Å². The maximum atomic E-state index is 13.3. The van der Waals surface area contributed by atoms with E-state index in [4.69, 9.17) is 5.73 Å². The quantitative estimate of drug-likeness (QED) is 0.552. The summed E-state index contributed by atoms with van der Waals surface area (Å²) in [6.45, 7) is 0. The smallest absolute Gasteiger partial charge is 0.383 e. The van der Waals surface area contributed by atoms with E-state index >= 15 is 0 Å². The molecule has 27 heavy (non-hydrogen) atoms. The molecule has 0 fully saturated rings. The molecule has 0 bridgehead atoms. The largest absolute Gasteiger partial charge is 0.416 e. The number of halogens is 3. The van der Waals surface area contributed by atoms with Crippen LogP contribution in [0.15, 0.2) is 78.0 Å². The van der Waals surface area contributed by atoms with Gasteiger partial charge in [0.2, 0.25) is 0 Å². The molecule has 1 aromatic heterocycles. The lowest BCUT2D eigenvalue weighted by Crippen LogP contribution is -2.16. The van der Waals surface area contributed by atoms with Gasteiger partial charge in [0.15, 0.2) is 0 Å². The fourth-order valence-corrected chi connectivity index (χ4v) is 2.47. The highest BCUT2D eigenvalue weighted by molar-refractivity contribution is 6.09. The molecule has 0 aliphatic rings. The van der Waals surface area contributed by atoms with Crippen molar-refractivity contribution in [3.8, 4) is 11.1 Å². The van der Waals surface area contributed by atoms with E-state index in [0.29, 0.717) is 11.1 Å². The molecule has 3 rings (SSSR count). The van der Waals surface area contributed by atoms with Crippen LogP contribution in [0.25, 0.3) is 11.1 Å². The lowest BCUT2D eigenvalue weighted by Gasteiger charge is -2.11. The van der Waals surface area contributed by atoms with Crippen molar-refractivity contribution in [2.24, 2.45) is 10.7 Å². The molecule has 0 aliphatic carbocycles. The highest BCUT2D eigenvalue weighted by atomic mass is 19.4. The van der Waals surface area contributed by atoms with Crippen molar-refractivity contribution in [1.82, 2.24) is 4.98 Å². The zero-order valence-corrected chi connectivity index (χ0v) is 13.9. The van der Waals surface area contributed by atoms with Gasteiger partial charge in [-0.05, 0) is 41.5 Å². The third-order valence-corrected chi connectivity index (χ3v) is 3.81. The normalized spacial score (nSPS) is 12.0. The van der Waals surface area contributed by atoms with Gasteiger partial charge in [0, 0.05) is 23.5 Å². The first-order valence-corrected chi connectivity index (χ1v) is 7.91. The molecule has 136 valence electrons. The Kier molecular flexibility index (Phi) is 5.03. The Hall–Kier alpha value is -3.48. The highest BCUT2D eigenvalue weighted by Crippen LogP contribution is 2.33. The van der Waals surface area contributed by atoms with Gasteiger partial charge in [-0.15, -0.1) is 0 Å². The van der Waals surface area contributed by atoms with E-state index in [1.807, 2.05) is 0 Å². The van der Waals surface area contributed by atoms with E-state index in [1.54, 1.807) is 42.5 Å². The molecule has 0 spiro atoms. The fraction of sp³-hybridized carbons (Fsp3) is 0.0500. The van der Waals surface area contributed by atoms with Crippen LogP contribution in [0.5, 0.6) is 0 Å². The molecular formula is C20H14F3N3O. The molecule has 0 unspecified atom stereocenters. The van der Waals surface area contributed by atoms with Crippen LogP contribution in [0.3, 0.4) is 0 Å². The molecular weight excluding hydrogens is 355 g/mol. The SMILES string of the molecule is NC(=NC(=O)c1cc(-c2ccccc2)cc(C(F)(F)F)c1)c1ccncc1. The van der Waals surface area contributed by atoms with E-state index in [9.17, 15) is 18.0 Å². The number of carbonyl (C=O) groups is 1. The first-order valence-electron chi connectivity index (χ1n) is 7.91. The van der Waals surface area contributed by atoms with Gasteiger partial charge in [-0.1, -0.05) is 30.3 Å². The van der Waals surface area contributed by atoms with Gasteiger partial charge in [0.25, 0.3) is 5.91 Å². The number of amides is 1. The molecule has 0 saturated carbocycles. The second-order valence-corrected chi connectivity index (χ2v) is 5.70. The van der Waals surface area contributed by atoms with Crippen molar-refractivity contribution in [3.63, 3.8) is 0 Å². The lowest BCUT2D eigenvalue weighted by atomic mass is 9.99. The minimum absolute atomic E-state index is 0.0962. The summed E-state index contributed by atoms with van der Waals surface area (Å²) in [6, 6.07) is 14.7. The summed E-state index contributed by atoms with van der Waals surface area (Å²) < 4.78 is 39.8. The summed E-state index contributed by atoms with van der Waals surface area (Å²) >= 11 is 0. The summed E-state index contributed by atoms with van der Waals surface area (Å²) in [7, 11) is 0. The van der Waals surface area contributed by atoms with Crippen molar-refractivity contribution >= 4 is 11.7 Å². The number of hydrogen-bond acceptors (Lipinski definition) is 2. The minimum Gasteiger partial charge on any atom is -0.383 e. The number of pyridine rings is 1. The second kappa shape index (κ2) is 7.41. The van der Waals surface area contributed by atoms with Gasteiger partial charge >= 0.3 is 6.18 Å². The first-order chi connectivity index (χ1) is 12.8. The van der Waals surface area contributed by atoms with Crippen molar-refractivity contribution in [1.29, 1.82) is 0 Å². The van der Waals surface area contributed by atoms with Crippen molar-refractivity contribution in [2.75, 3.05) is 0 Å². The predicted octanol–water partition coefficient (Wildman–Crippen LogP) is 4.31. The Labute approximate surface area is 153 Å². The van der Waals surface area contributed by atoms with Gasteiger partial charge in [0.05, 0.1) is 5.56 Å². The Bertz CT molecular complexity index is 984. The van der Waals surface area contributed by atoms with Crippen LogP contribution in [0.2, 0.25) is 0 Å². The van der Waals surface area contributed by atoms with E-state index < -0.39 is 17.6 Å². The summed E-state index contributed by atoms with van der Waals surface area (Å²) in [4.78, 5) is 20.0. The number of alkyl halides is 3. The molecule has 0 saturated heterocycles. The van der Waals surface area contributed by atoms with Crippen LogP contribution < -0.4 is 5.73 Å². The van der Waals surface area contributed by atoms with Gasteiger partial charge in [-0.3, -0.25) is 9.78 Å². The Morgan fingerprint density at radius 2 is 1.56 bits per heavy atom. The van der Waals surface area contributed by atoms with Gasteiger partial charge < -0.3 is 5.73 Å². The molecule has 0 atom stereocenters. The zero-order chi connectivity index (χ0) is 19.4. The number of hydrogen-bond donors (Lipinski definition) is 1. The van der Waals surface area contributed by atoms with Crippen LogP contribution in [0, 0.1) is 0 Å². The average molecular weight is 369 g/mol. The van der Waals surface area contributed by atoms with Gasteiger partial charge in [-0.2, -0.15) is 18.2 Å². The van der Waals surface area contributed by atoms with E-state index in [2.05, 4.69) is 9.98 Å². The number of carbonyl (C=O) groups excluding carboxylic acids is 1. The zero-order valence-electron chi connectivity index (χ0n) is 13.9. The minimum atomic E-state index is -4.60. The highest BCUT2D eigenvalue weighted by Gasteiger charge is 2.32. The van der Waals surface area contributed by atoms with Crippen molar-refractivity contribution < 1.29 is 18.0 Å². The summed E-state index contributed by atoms with van der Waals surface area (Å²) in [5, 5.41) is 0. The van der Waals surface area contributed by atoms with Crippen molar-refractivity contribution in [3.05, 3.63) is 89.7 Å². The molecule has 1 amide bonds. The number of aromatic nitrogens is 1. The molecule has 0 radical (unpaired) electrons. The molecule has 2 N–H and O–H groups in total. The fourth-order valence-electron chi connectivity index (χ4n) is 2.47. The Morgan fingerprint density at radius 3 is 2.19 bits per heavy atom. The maximum Gasteiger partial charge on any atom is 0.416 e. The Balaban J connectivity index is 2.05. The van der Waals surface area contributed by atoms with Crippen molar-refractivity contribution in [2.45, 2.75) is 6.18 Å². The summed E-state index contributed by atoms with van der Waals surface area (Å²) in [6.07, 6.45) is -1.65. The Morgan fingerprint density at radius 1 is 0.889 bits per heavy atom. The number of nitrogens with zero attached hydrogens (tertiary/aromatic N) is 2. The van der Waals surface area contributed by atoms with Gasteiger partial charge in [-0.25, -0.2) is 0 Å². The van der Waals surface area contributed by atoms with Gasteiger partial charge in [0.1, 0.15) is 5.84 Å². The first kappa shape index (κ1) is 18.3. The van der Waals surface area contributed by atoms with Crippen LogP contribution in [-0.2, 0) is 6.18 Å². The molecule has 4 nitrogen and oxygen atoms in total. The molecule has 2 aromatic carbocycles. The standard InChI is InChI=1S/C20H14F3N3O/c21-20(22,23)17-11-15(13-4-2-1-3-5-13)10-16(12-17)19(27)26-18(24)14-6-8-25-9-7-14/h1-12H,(H2,24,26,27). The monoisotopic (exact) mass is 369 g/mol. The topological polar surface area (TPSA) is 68.3 Å². The summed E-state index contributed by atoms with van der Waals surface area (Å²) in [5.41, 5.74) is 5.95. The summed E-state index contributed by atoms with van der Waals surface area (Å²) in [5.74, 6) is -0.950. The second-order valence-electron chi connectivity index (χ2n) is 5.70. The van der Waals surface area contributed by atoms with E-state index in [-0.39, 0.29) is 17.0 Å². The predicted molar refractivity (Wildman–Crippen MR) is 96.2 cm³/mol. The average Bonchev–Trinajstić information content (AvgIpc) is 2.68. The number of amidine groups is 1. The van der Waals surface area contributed by atoms with Crippen LogP contribution in [0.4, 0.5) is 13.2 Å². The number of nitrogens with two attached hydrogens (primary N) is 1. The van der Waals surface area contributed by atoms with E-state index in [1.165, 1.54) is 18.5 Å². The lowest BCUT2D eigenvalue weighted by molar-refractivity contribution is -0.137. The van der Waals surface area contributed by atoms with Crippen LogP contribution in [0.1, 0.15) is 21.5 Å². The number of benzene rings is 2.